The molecule has 16 heavy (non-hydrogen) atoms. The van der Waals surface area contributed by atoms with E-state index in [2.05, 4.69) is 0 Å². The molecule has 1 fully saturated rings. The van der Waals surface area contributed by atoms with Gasteiger partial charge in [0.15, 0.2) is 0 Å². The van der Waals surface area contributed by atoms with Gasteiger partial charge in [0, 0.05) is 32.9 Å². The molecule has 1 aliphatic heterocycles. The average Bonchev–Trinajstić information content (AvgIpc) is 2.17. The minimum Gasteiger partial charge on any atom is -0.462 e. The number of ether oxygens (including phenoxy) is 1. The van der Waals surface area contributed by atoms with E-state index in [1.165, 1.54) is 0 Å². The Labute approximate surface area is 96.9 Å². The van der Waals surface area contributed by atoms with Crippen molar-refractivity contribution in [3.63, 3.8) is 0 Å². The highest BCUT2D eigenvalue weighted by Crippen LogP contribution is 2.20. The fourth-order valence-corrected chi connectivity index (χ4v) is 1.62. The molecule has 0 radical (unpaired) electrons. The van der Waals surface area contributed by atoms with Crippen LogP contribution in [0.5, 0.6) is 0 Å². The number of nitrogens with zero attached hydrogens (tertiary/aromatic N) is 1. The van der Waals surface area contributed by atoms with Gasteiger partial charge in [-0.25, -0.2) is 0 Å². The molecule has 0 aromatic rings. The summed E-state index contributed by atoms with van der Waals surface area (Å²) in [6, 6.07) is 0. The molecule has 0 bridgehead atoms. The van der Waals surface area contributed by atoms with Crippen molar-refractivity contribution in [2.45, 2.75) is 46.6 Å². The number of piperidine rings is 1. The number of likely N-dealkylation sites (tertiary alicyclic amines) is 1. The Bertz CT molecular complexity index is 272. The maximum atomic E-state index is 11.6. The quantitative estimate of drug-likeness (QED) is 0.639. The zero-order chi connectivity index (χ0) is 12.3. The molecule has 4 heteroatoms. The topological polar surface area (TPSA) is 46.6 Å². The average molecular weight is 227 g/mol. The van der Waals surface area contributed by atoms with Crippen LogP contribution in [0, 0.1) is 5.41 Å². The number of hydrogen-bond donors (Lipinski definition) is 0. The molecule has 0 unspecified atom stereocenters. The Morgan fingerprint density at radius 1 is 1.19 bits per heavy atom. The molecule has 4 nitrogen and oxygen atoms in total. The van der Waals surface area contributed by atoms with Crippen molar-refractivity contribution in [2.24, 2.45) is 5.41 Å². The molecule has 0 saturated carbocycles. The molecule has 0 atom stereocenters. The van der Waals surface area contributed by atoms with Crippen LogP contribution in [0.2, 0.25) is 0 Å². The first-order chi connectivity index (χ1) is 7.30. The lowest BCUT2D eigenvalue weighted by Crippen LogP contribution is -2.41. The highest BCUT2D eigenvalue weighted by molar-refractivity contribution is 5.75. The maximum absolute atomic E-state index is 11.6. The van der Waals surface area contributed by atoms with Crippen molar-refractivity contribution in [3.8, 4) is 0 Å². The first-order valence-electron chi connectivity index (χ1n) is 5.77. The van der Waals surface area contributed by atoms with Gasteiger partial charge in [0.2, 0.25) is 5.91 Å². The lowest BCUT2D eigenvalue weighted by molar-refractivity contribution is -0.161. The molecule has 1 heterocycles. The van der Waals surface area contributed by atoms with Crippen LogP contribution >= 0.6 is 0 Å². The third kappa shape index (κ3) is 3.51. The Kier molecular flexibility index (Phi) is 3.94. The number of carbonyl (C=O) groups excluding carboxylic acids is 2. The first-order valence-corrected chi connectivity index (χ1v) is 5.77. The van der Waals surface area contributed by atoms with Crippen molar-refractivity contribution in [3.05, 3.63) is 0 Å². The third-order valence-corrected chi connectivity index (χ3v) is 2.77. The highest BCUT2D eigenvalue weighted by atomic mass is 16.5. The van der Waals surface area contributed by atoms with Gasteiger partial charge in [0.05, 0.1) is 5.41 Å². The Hall–Kier alpha value is -1.06. The summed E-state index contributed by atoms with van der Waals surface area (Å²) < 4.78 is 5.41. The first kappa shape index (κ1) is 13.0. The number of amides is 1. The molecule has 0 N–H and O–H groups in total. The van der Waals surface area contributed by atoms with E-state index >= 15 is 0 Å². The van der Waals surface area contributed by atoms with E-state index < -0.39 is 5.41 Å². The second kappa shape index (κ2) is 4.85. The van der Waals surface area contributed by atoms with Crippen molar-refractivity contribution in [2.75, 3.05) is 13.1 Å². The van der Waals surface area contributed by atoms with Gasteiger partial charge in [0.1, 0.15) is 6.10 Å². The van der Waals surface area contributed by atoms with Crippen LogP contribution in [0.3, 0.4) is 0 Å². The van der Waals surface area contributed by atoms with E-state index in [0.29, 0.717) is 13.1 Å². The second-order valence-electron chi connectivity index (χ2n) is 5.36. The lowest BCUT2D eigenvalue weighted by Gasteiger charge is -2.32. The van der Waals surface area contributed by atoms with E-state index in [9.17, 15) is 9.59 Å². The number of esters is 1. The SMILES string of the molecule is CC(=O)N1CCC(OC(=O)C(C)(C)C)CC1. The monoisotopic (exact) mass is 227 g/mol. The van der Waals surface area contributed by atoms with Gasteiger partial charge >= 0.3 is 5.97 Å². The summed E-state index contributed by atoms with van der Waals surface area (Å²) in [5, 5.41) is 0. The van der Waals surface area contributed by atoms with Crippen LogP contribution in [-0.4, -0.2) is 36.0 Å². The van der Waals surface area contributed by atoms with Crippen molar-refractivity contribution in [1.29, 1.82) is 0 Å². The molecule has 1 rings (SSSR count). The van der Waals surface area contributed by atoms with Crippen molar-refractivity contribution in [1.82, 2.24) is 4.90 Å². The molecule has 1 amide bonds. The standard InChI is InChI=1S/C12H21NO3/c1-9(14)13-7-5-10(6-8-13)16-11(15)12(2,3)4/h10H,5-8H2,1-4H3. The van der Waals surface area contributed by atoms with E-state index in [4.69, 9.17) is 4.74 Å². The van der Waals surface area contributed by atoms with Gasteiger partial charge in [-0.05, 0) is 20.8 Å². The Morgan fingerprint density at radius 3 is 2.06 bits per heavy atom. The van der Waals surface area contributed by atoms with Crippen LogP contribution in [0.15, 0.2) is 0 Å². The minimum atomic E-state index is -0.447. The van der Waals surface area contributed by atoms with E-state index in [0.717, 1.165) is 12.8 Å². The van der Waals surface area contributed by atoms with Gasteiger partial charge in [-0.3, -0.25) is 9.59 Å². The zero-order valence-electron chi connectivity index (χ0n) is 10.6. The number of hydrogen-bond acceptors (Lipinski definition) is 3. The largest absolute Gasteiger partial charge is 0.462 e. The van der Waals surface area contributed by atoms with Gasteiger partial charge in [-0.1, -0.05) is 0 Å². The van der Waals surface area contributed by atoms with E-state index in [1.54, 1.807) is 11.8 Å². The highest BCUT2D eigenvalue weighted by Gasteiger charge is 2.28. The van der Waals surface area contributed by atoms with Crippen molar-refractivity contribution < 1.29 is 14.3 Å². The second-order valence-corrected chi connectivity index (χ2v) is 5.36. The minimum absolute atomic E-state index is 0.0256. The number of carbonyl (C=O) groups is 2. The summed E-state index contributed by atoms with van der Waals surface area (Å²) in [6.07, 6.45) is 1.48. The summed E-state index contributed by atoms with van der Waals surface area (Å²) in [7, 11) is 0. The molecule has 0 aliphatic carbocycles. The molecular formula is C12H21NO3. The molecule has 1 saturated heterocycles. The van der Waals surface area contributed by atoms with Crippen LogP contribution in [0.1, 0.15) is 40.5 Å². The van der Waals surface area contributed by atoms with Crippen LogP contribution in [0.25, 0.3) is 0 Å². The van der Waals surface area contributed by atoms with Gasteiger partial charge in [-0.15, -0.1) is 0 Å². The summed E-state index contributed by atoms with van der Waals surface area (Å²) >= 11 is 0. The lowest BCUT2D eigenvalue weighted by atomic mass is 9.97. The smallest absolute Gasteiger partial charge is 0.311 e. The Morgan fingerprint density at radius 2 is 1.69 bits per heavy atom. The zero-order valence-corrected chi connectivity index (χ0v) is 10.6. The van der Waals surface area contributed by atoms with Gasteiger partial charge < -0.3 is 9.64 Å². The van der Waals surface area contributed by atoms with Crippen LogP contribution in [0.4, 0.5) is 0 Å². The van der Waals surface area contributed by atoms with E-state index in [1.807, 2.05) is 20.8 Å². The van der Waals surface area contributed by atoms with Crippen LogP contribution < -0.4 is 0 Å². The molecule has 92 valence electrons. The third-order valence-electron chi connectivity index (χ3n) is 2.77. The van der Waals surface area contributed by atoms with Crippen molar-refractivity contribution >= 4 is 11.9 Å². The van der Waals surface area contributed by atoms with Gasteiger partial charge in [0.25, 0.3) is 0 Å². The van der Waals surface area contributed by atoms with Crippen LogP contribution in [-0.2, 0) is 14.3 Å². The Balaban J connectivity index is 2.38. The molecular weight excluding hydrogens is 206 g/mol. The summed E-state index contributed by atoms with van der Waals surface area (Å²) in [6.45, 7) is 8.50. The predicted molar refractivity (Wildman–Crippen MR) is 60.8 cm³/mol. The summed E-state index contributed by atoms with van der Waals surface area (Å²) in [5.74, 6) is -0.0608. The molecule has 0 aromatic carbocycles. The predicted octanol–water partition coefficient (Wildman–Crippen LogP) is 1.59. The van der Waals surface area contributed by atoms with E-state index in [-0.39, 0.29) is 18.0 Å². The summed E-state index contributed by atoms with van der Waals surface area (Å²) in [4.78, 5) is 24.5. The molecule has 1 aliphatic rings. The normalized spacial score (nSPS) is 18.4. The number of rotatable bonds is 1. The maximum Gasteiger partial charge on any atom is 0.311 e. The van der Waals surface area contributed by atoms with Gasteiger partial charge in [-0.2, -0.15) is 0 Å². The molecule has 0 spiro atoms. The fraction of sp³-hybridized carbons (Fsp3) is 0.833. The molecule has 0 aromatic heterocycles. The fourth-order valence-electron chi connectivity index (χ4n) is 1.62. The summed E-state index contributed by atoms with van der Waals surface area (Å²) in [5.41, 5.74) is -0.447.